The van der Waals surface area contributed by atoms with Gasteiger partial charge in [-0.25, -0.2) is 21.6 Å². The molecule has 4 nitrogen and oxygen atoms in total. The van der Waals surface area contributed by atoms with Crippen LogP contribution in [0.15, 0.2) is 30.3 Å². The quantitative estimate of drug-likeness (QED) is 0.527. The van der Waals surface area contributed by atoms with E-state index in [4.69, 9.17) is 11.8 Å². The Balaban J connectivity index is 2.58. The van der Waals surface area contributed by atoms with Crippen LogP contribution >= 0.6 is 34.4 Å². The zero-order chi connectivity index (χ0) is 17.4. The fourth-order valence-electron chi connectivity index (χ4n) is 1.71. The molecule has 0 unspecified atom stereocenters. The van der Waals surface area contributed by atoms with Crippen LogP contribution in [0.3, 0.4) is 0 Å². The van der Waals surface area contributed by atoms with Crippen molar-refractivity contribution < 1.29 is 21.6 Å². The van der Waals surface area contributed by atoms with E-state index < -0.39 is 33.2 Å². The monoisotopic (exact) mass is 476 g/mol. The Hall–Kier alpha value is -1.20. The van der Waals surface area contributed by atoms with Crippen molar-refractivity contribution in [1.29, 1.82) is 0 Å². The predicted molar refractivity (Wildman–Crippen MR) is 91.9 cm³/mol. The lowest BCUT2D eigenvalue weighted by molar-refractivity contribution is 0.512. The second-order valence-corrected chi connectivity index (χ2v) is 8.10. The van der Waals surface area contributed by atoms with Gasteiger partial charge in [0.15, 0.2) is 11.6 Å². The van der Waals surface area contributed by atoms with Gasteiger partial charge >= 0.3 is 0 Å². The summed E-state index contributed by atoms with van der Waals surface area (Å²) in [6.45, 7) is 0. The maximum absolute atomic E-state index is 14.1. The highest BCUT2D eigenvalue weighted by Gasteiger charge is 2.23. The number of sulfonamides is 1. The largest absolute Gasteiger partial charge is 0.349 e. The normalized spacial score (nSPS) is 11.4. The third-order valence-electron chi connectivity index (χ3n) is 2.74. The van der Waals surface area contributed by atoms with Crippen LogP contribution in [0.1, 0.15) is 0 Å². The van der Waals surface area contributed by atoms with E-state index in [0.717, 1.165) is 18.4 Å². The van der Waals surface area contributed by atoms with Crippen molar-refractivity contribution in [2.75, 3.05) is 15.4 Å². The lowest BCUT2D eigenvalue weighted by atomic mass is 10.2. The van der Waals surface area contributed by atoms with Gasteiger partial charge in [-0.1, -0.05) is 0 Å². The fraction of sp³-hybridized carbons (Fsp3) is 0.0769. The minimum atomic E-state index is -3.94. The second kappa shape index (κ2) is 6.73. The Morgan fingerprint density at radius 2 is 1.78 bits per heavy atom. The highest BCUT2D eigenvalue weighted by Crippen LogP contribution is 2.36. The van der Waals surface area contributed by atoms with Gasteiger partial charge in [0.2, 0.25) is 10.0 Å². The smallest absolute Gasteiger partial charge is 0.246 e. The van der Waals surface area contributed by atoms with Crippen molar-refractivity contribution in [3.8, 4) is 0 Å². The molecule has 0 aliphatic rings. The molecule has 2 rings (SSSR count). The number of hydrogen-bond acceptors (Lipinski definition) is 3. The van der Waals surface area contributed by atoms with Gasteiger partial charge in [-0.3, -0.25) is 0 Å². The van der Waals surface area contributed by atoms with Crippen LogP contribution in [0.4, 0.5) is 30.2 Å². The van der Waals surface area contributed by atoms with E-state index in [0.29, 0.717) is 3.57 Å². The van der Waals surface area contributed by atoms with E-state index >= 15 is 0 Å². The molecular weight excluding hydrogens is 468 g/mol. The standard InChI is InChI=1S/C13H9ClF3IN2O2S/c1-23(21,22)20(14)11-5-3-8(15)12(17)13(11)19-10-4-2-7(18)6-9(10)16/h2-6,19H,1H3. The number of hydrogen-bond donors (Lipinski definition) is 1. The molecule has 10 heteroatoms. The SMILES string of the molecule is CS(=O)(=O)N(Cl)c1ccc(F)c(F)c1Nc1ccc(I)cc1F. The molecule has 0 heterocycles. The summed E-state index contributed by atoms with van der Waals surface area (Å²) >= 11 is 7.55. The first kappa shape index (κ1) is 18.1. The third kappa shape index (κ3) is 4.01. The summed E-state index contributed by atoms with van der Waals surface area (Å²) in [6, 6.07) is 5.72. The minimum Gasteiger partial charge on any atom is -0.349 e. The lowest BCUT2D eigenvalue weighted by Gasteiger charge is -2.19. The Morgan fingerprint density at radius 1 is 1.13 bits per heavy atom. The van der Waals surface area contributed by atoms with E-state index in [9.17, 15) is 21.6 Å². The molecule has 0 amide bonds. The molecule has 0 fully saturated rings. The van der Waals surface area contributed by atoms with Crippen LogP contribution in [0, 0.1) is 21.0 Å². The molecule has 124 valence electrons. The van der Waals surface area contributed by atoms with Crippen molar-refractivity contribution in [2.45, 2.75) is 0 Å². The second-order valence-electron chi connectivity index (χ2n) is 4.48. The maximum atomic E-state index is 14.1. The number of anilines is 3. The summed E-state index contributed by atoms with van der Waals surface area (Å²) in [5.41, 5.74) is -1.12. The summed E-state index contributed by atoms with van der Waals surface area (Å²) in [5, 5.41) is 2.35. The first-order chi connectivity index (χ1) is 10.6. The van der Waals surface area contributed by atoms with Gasteiger partial charge in [0.25, 0.3) is 0 Å². The van der Waals surface area contributed by atoms with Crippen molar-refractivity contribution in [2.24, 2.45) is 0 Å². The highest BCUT2D eigenvalue weighted by atomic mass is 127. The zero-order valence-electron chi connectivity index (χ0n) is 11.4. The van der Waals surface area contributed by atoms with Gasteiger partial charge in [-0.15, -0.1) is 0 Å². The number of rotatable bonds is 4. The number of nitrogens with zero attached hydrogens (tertiary/aromatic N) is 1. The Bertz CT molecular complexity index is 865. The van der Waals surface area contributed by atoms with Gasteiger partial charge in [-0.05, 0) is 52.9 Å². The molecule has 0 atom stereocenters. The summed E-state index contributed by atoms with van der Waals surface area (Å²) in [7, 11) is -3.94. The molecule has 0 spiro atoms. The van der Waals surface area contributed by atoms with Gasteiger partial charge < -0.3 is 5.32 Å². The Labute approximate surface area is 149 Å². The van der Waals surface area contributed by atoms with Gasteiger partial charge in [0.1, 0.15) is 11.5 Å². The van der Waals surface area contributed by atoms with Crippen molar-refractivity contribution >= 4 is 61.5 Å². The molecule has 0 saturated carbocycles. The molecule has 2 aromatic rings. The first-order valence-corrected chi connectivity index (χ1v) is 9.24. The molecule has 0 radical (unpaired) electrons. The van der Waals surface area contributed by atoms with Crippen LogP contribution in [0.5, 0.6) is 0 Å². The molecular formula is C13H9ClF3IN2O2S. The average Bonchev–Trinajstić information content (AvgIpc) is 2.45. The molecule has 0 bridgehead atoms. The van der Waals surface area contributed by atoms with E-state index in [1.165, 1.54) is 18.2 Å². The van der Waals surface area contributed by atoms with Crippen molar-refractivity contribution in [3.05, 3.63) is 51.4 Å². The first-order valence-electron chi connectivity index (χ1n) is 5.97. The average molecular weight is 477 g/mol. The van der Waals surface area contributed by atoms with Crippen molar-refractivity contribution in [3.63, 3.8) is 0 Å². The minimum absolute atomic E-state index is 0.158. The van der Waals surface area contributed by atoms with E-state index in [2.05, 4.69) is 5.32 Å². The molecule has 2 aromatic carbocycles. The summed E-state index contributed by atoms with van der Waals surface area (Å²) in [5.74, 6) is -3.33. The highest BCUT2D eigenvalue weighted by molar-refractivity contribution is 14.1. The number of halogens is 5. The summed E-state index contributed by atoms with van der Waals surface area (Å²) in [4.78, 5) is 0. The maximum Gasteiger partial charge on any atom is 0.246 e. The number of nitrogens with one attached hydrogen (secondary N) is 1. The predicted octanol–water partition coefficient (Wildman–Crippen LogP) is 4.37. The summed E-state index contributed by atoms with van der Waals surface area (Å²) in [6.07, 6.45) is 0.788. The Kier molecular flexibility index (Phi) is 5.31. The van der Waals surface area contributed by atoms with Crippen LogP contribution in [0.2, 0.25) is 0 Å². The van der Waals surface area contributed by atoms with Gasteiger partial charge in [0, 0.05) is 15.3 Å². The van der Waals surface area contributed by atoms with Crippen LogP contribution in [0.25, 0.3) is 0 Å². The zero-order valence-corrected chi connectivity index (χ0v) is 15.2. The van der Waals surface area contributed by atoms with Crippen LogP contribution in [-0.2, 0) is 10.0 Å². The fourth-order valence-corrected chi connectivity index (χ4v) is 2.81. The summed E-state index contributed by atoms with van der Waals surface area (Å²) < 4.78 is 65.3. The third-order valence-corrected chi connectivity index (χ3v) is 5.13. The molecule has 0 saturated heterocycles. The molecule has 0 aliphatic heterocycles. The van der Waals surface area contributed by atoms with Crippen molar-refractivity contribution in [1.82, 2.24) is 0 Å². The van der Waals surface area contributed by atoms with Gasteiger partial charge in [-0.2, -0.15) is 3.82 Å². The molecule has 1 N–H and O–H groups in total. The van der Waals surface area contributed by atoms with E-state index in [-0.39, 0.29) is 15.2 Å². The van der Waals surface area contributed by atoms with Crippen LogP contribution in [-0.4, -0.2) is 14.7 Å². The lowest BCUT2D eigenvalue weighted by Crippen LogP contribution is -2.20. The molecule has 23 heavy (non-hydrogen) atoms. The Morgan fingerprint density at radius 3 is 2.35 bits per heavy atom. The van der Waals surface area contributed by atoms with E-state index in [1.54, 1.807) is 0 Å². The van der Waals surface area contributed by atoms with Crippen LogP contribution < -0.4 is 9.14 Å². The molecule has 0 aromatic heterocycles. The molecule has 0 aliphatic carbocycles. The van der Waals surface area contributed by atoms with E-state index in [1.807, 2.05) is 22.6 Å². The number of benzene rings is 2. The van der Waals surface area contributed by atoms with Gasteiger partial charge in [0.05, 0.1) is 17.6 Å². The topological polar surface area (TPSA) is 49.4 Å².